The van der Waals surface area contributed by atoms with Gasteiger partial charge < -0.3 is 0 Å². The molecule has 0 aliphatic heterocycles. The summed E-state index contributed by atoms with van der Waals surface area (Å²) in [6, 6.07) is 10.1. The van der Waals surface area contributed by atoms with Crippen molar-refractivity contribution < 1.29 is 6.85 Å². The van der Waals surface area contributed by atoms with Gasteiger partial charge in [0, 0.05) is 0 Å². The van der Waals surface area contributed by atoms with Crippen molar-refractivity contribution in [2.75, 3.05) is 0 Å². The lowest BCUT2D eigenvalue weighted by atomic mass is 9.96. The summed E-state index contributed by atoms with van der Waals surface area (Å²) >= 11 is 0. The zero-order chi connectivity index (χ0) is 16.0. The van der Waals surface area contributed by atoms with Gasteiger partial charge in [-0.15, -0.1) is 0 Å². The van der Waals surface area contributed by atoms with E-state index in [0.29, 0.717) is 5.56 Å². The van der Waals surface area contributed by atoms with E-state index in [0.717, 1.165) is 16.3 Å². The predicted molar refractivity (Wildman–Crippen MR) is 74.1 cm³/mol. The minimum absolute atomic E-state index is 0.167. The number of hydrogen-bond acceptors (Lipinski definition) is 0. The Morgan fingerprint density at radius 2 is 1.53 bits per heavy atom. The van der Waals surface area contributed by atoms with Crippen molar-refractivity contribution in [3.05, 3.63) is 72.2 Å². The second-order valence-corrected chi connectivity index (χ2v) is 3.98. The lowest BCUT2D eigenvalue weighted by Crippen LogP contribution is -1.83. The molecule has 0 aromatic heterocycles. The Hall–Kier alpha value is -2.08. The normalized spacial score (nSPS) is 14.8. The summed E-state index contributed by atoms with van der Waals surface area (Å²) in [6.07, 6.45) is 0. The molecule has 0 atom stereocenters. The smallest absolute Gasteiger partial charge is 0.0622 e. The molecule has 17 heavy (non-hydrogen) atoms. The van der Waals surface area contributed by atoms with Crippen LogP contribution in [0.4, 0.5) is 0 Å². The predicted octanol–water partition coefficient (Wildman–Crippen LogP) is 4.82. The maximum Gasteiger partial charge on any atom is 0.0629 e. The third-order valence-electron chi connectivity index (χ3n) is 2.91. The molecule has 3 aromatic rings. The molecule has 0 bridgehead atoms. The number of aryl methyl sites for hydroxylation is 1. The van der Waals surface area contributed by atoms with Crippen molar-refractivity contribution in [1.29, 1.82) is 0 Å². The standard InChI is InChI=1S/C17H14/c1-13-11-12-16(14-7-3-2-4-8-14)17-10-6-5-9-15(13)17/h2-12H,1H3/i2D,3D,4D,7D,8D. The molecule has 82 valence electrons. The van der Waals surface area contributed by atoms with Crippen molar-refractivity contribution in [3.63, 3.8) is 0 Å². The van der Waals surface area contributed by atoms with Gasteiger partial charge in [-0.2, -0.15) is 0 Å². The Bertz CT molecular complexity index is 870. The molecule has 0 heterocycles. The van der Waals surface area contributed by atoms with Crippen LogP contribution in [-0.4, -0.2) is 0 Å². The summed E-state index contributed by atoms with van der Waals surface area (Å²) in [6.45, 7) is 1.99. The van der Waals surface area contributed by atoms with Gasteiger partial charge in [0.2, 0.25) is 0 Å². The third-order valence-corrected chi connectivity index (χ3v) is 2.91. The second kappa shape index (κ2) is 4.06. The van der Waals surface area contributed by atoms with E-state index in [9.17, 15) is 0 Å². The Morgan fingerprint density at radius 1 is 0.824 bits per heavy atom. The van der Waals surface area contributed by atoms with Crippen LogP contribution in [0.1, 0.15) is 12.4 Å². The van der Waals surface area contributed by atoms with Crippen molar-refractivity contribution >= 4 is 10.8 Å². The minimum Gasteiger partial charge on any atom is -0.0622 e. The van der Waals surface area contributed by atoms with Crippen LogP contribution in [0.15, 0.2) is 66.6 Å². The fourth-order valence-electron chi connectivity index (χ4n) is 2.05. The lowest BCUT2D eigenvalue weighted by Gasteiger charge is -2.09. The van der Waals surface area contributed by atoms with Crippen LogP contribution < -0.4 is 0 Å². The Labute approximate surface area is 109 Å². The highest BCUT2D eigenvalue weighted by atomic mass is 14.1. The highest BCUT2D eigenvalue weighted by Crippen LogP contribution is 2.30. The van der Waals surface area contributed by atoms with E-state index < -0.39 is 0 Å². The molecule has 3 aromatic carbocycles. The Balaban J connectivity index is 2.46. The number of fused-ring (bicyclic) bond motifs is 1. The van der Waals surface area contributed by atoms with Crippen LogP contribution in [0.25, 0.3) is 21.9 Å². The molecule has 0 aliphatic rings. The average Bonchev–Trinajstić information content (AvgIpc) is 2.53. The quantitative estimate of drug-likeness (QED) is 0.555. The molecule has 0 N–H and O–H groups in total. The second-order valence-electron chi connectivity index (χ2n) is 3.98. The molecular formula is C17H14. The summed E-state index contributed by atoms with van der Waals surface area (Å²) < 4.78 is 39.6. The van der Waals surface area contributed by atoms with E-state index in [2.05, 4.69) is 0 Å². The first-order valence-electron chi connectivity index (χ1n) is 7.99. The first-order valence-corrected chi connectivity index (χ1v) is 5.49. The van der Waals surface area contributed by atoms with E-state index in [1.807, 2.05) is 43.3 Å². The van der Waals surface area contributed by atoms with Crippen LogP contribution in [0, 0.1) is 6.92 Å². The largest absolute Gasteiger partial charge is 0.0629 e. The molecule has 0 spiro atoms. The van der Waals surface area contributed by atoms with Gasteiger partial charge in [0.05, 0.1) is 6.85 Å². The highest BCUT2D eigenvalue weighted by molar-refractivity contribution is 5.98. The summed E-state index contributed by atoms with van der Waals surface area (Å²) in [4.78, 5) is 0. The Kier molecular flexibility index (Phi) is 1.44. The molecule has 0 amide bonds. The third kappa shape index (κ3) is 1.72. The van der Waals surface area contributed by atoms with Gasteiger partial charge in [-0.3, -0.25) is 0 Å². The Morgan fingerprint density at radius 3 is 2.29 bits per heavy atom. The fourth-order valence-corrected chi connectivity index (χ4v) is 2.05. The molecule has 0 radical (unpaired) electrons. The van der Waals surface area contributed by atoms with Crippen molar-refractivity contribution in [1.82, 2.24) is 0 Å². The van der Waals surface area contributed by atoms with Gasteiger partial charge in [-0.1, -0.05) is 66.6 Å². The molecule has 0 unspecified atom stereocenters. The van der Waals surface area contributed by atoms with E-state index in [4.69, 9.17) is 6.85 Å². The molecule has 3 rings (SSSR count). The summed E-state index contributed by atoms with van der Waals surface area (Å²) in [7, 11) is 0. The molecular weight excluding hydrogens is 204 g/mol. The summed E-state index contributed by atoms with van der Waals surface area (Å²) in [5, 5.41) is 1.91. The van der Waals surface area contributed by atoms with Crippen LogP contribution in [0.5, 0.6) is 0 Å². The monoisotopic (exact) mass is 223 g/mol. The zero-order valence-electron chi connectivity index (χ0n) is 14.5. The van der Waals surface area contributed by atoms with Crippen LogP contribution in [-0.2, 0) is 0 Å². The van der Waals surface area contributed by atoms with E-state index >= 15 is 0 Å². The van der Waals surface area contributed by atoms with Crippen LogP contribution in [0.3, 0.4) is 0 Å². The topological polar surface area (TPSA) is 0 Å². The molecule has 0 saturated heterocycles. The maximum absolute atomic E-state index is 8.13. The van der Waals surface area contributed by atoms with Crippen LogP contribution >= 0.6 is 0 Å². The SMILES string of the molecule is [2H]c1c([2H])c([2H])c(-c2ccc(C)c3ccccc23)c([2H])c1[2H]. The van der Waals surface area contributed by atoms with Gasteiger partial charge in [-0.25, -0.2) is 0 Å². The number of benzene rings is 3. The van der Waals surface area contributed by atoms with Gasteiger partial charge in [0.25, 0.3) is 0 Å². The first-order chi connectivity index (χ1) is 10.4. The van der Waals surface area contributed by atoms with Gasteiger partial charge in [0.15, 0.2) is 0 Å². The number of hydrogen-bond donors (Lipinski definition) is 0. The minimum atomic E-state index is -0.366. The average molecular weight is 223 g/mol. The van der Waals surface area contributed by atoms with E-state index in [1.54, 1.807) is 0 Å². The molecule has 0 nitrogen and oxygen atoms in total. The molecule has 0 saturated carbocycles. The maximum atomic E-state index is 8.13. The molecule has 0 heteroatoms. The number of rotatable bonds is 1. The van der Waals surface area contributed by atoms with Gasteiger partial charge in [0.1, 0.15) is 0 Å². The van der Waals surface area contributed by atoms with Crippen molar-refractivity contribution in [2.45, 2.75) is 6.92 Å². The van der Waals surface area contributed by atoms with Crippen molar-refractivity contribution in [3.8, 4) is 11.1 Å². The van der Waals surface area contributed by atoms with E-state index in [1.165, 1.54) is 0 Å². The van der Waals surface area contributed by atoms with Crippen LogP contribution in [0.2, 0.25) is 0 Å². The fraction of sp³-hybridized carbons (Fsp3) is 0.0588. The van der Waals surface area contributed by atoms with Crippen molar-refractivity contribution in [2.24, 2.45) is 0 Å². The lowest BCUT2D eigenvalue weighted by molar-refractivity contribution is 1.52. The molecule has 0 fully saturated rings. The molecule has 0 aliphatic carbocycles. The summed E-state index contributed by atoms with van der Waals surface area (Å²) in [5.74, 6) is 0. The van der Waals surface area contributed by atoms with E-state index in [-0.39, 0.29) is 35.8 Å². The van der Waals surface area contributed by atoms with Gasteiger partial charge >= 0.3 is 0 Å². The summed E-state index contributed by atoms with van der Waals surface area (Å²) in [5.41, 5.74) is 2.01. The van der Waals surface area contributed by atoms with Gasteiger partial charge in [-0.05, 0) is 34.4 Å². The zero-order valence-corrected chi connectivity index (χ0v) is 9.46. The highest BCUT2D eigenvalue weighted by Gasteiger charge is 2.04. The first kappa shape index (κ1) is 6.02.